The maximum absolute atomic E-state index is 5.30. The topological polar surface area (TPSA) is 50.1 Å². The molecule has 0 aliphatic heterocycles. The fourth-order valence-electron chi connectivity index (χ4n) is 0.529. The van der Waals surface area contributed by atoms with E-state index in [4.69, 9.17) is 5.73 Å². The molecule has 0 saturated carbocycles. The zero-order valence-corrected chi connectivity index (χ0v) is 7.67. The van der Waals surface area contributed by atoms with Crippen LogP contribution in [0, 0.1) is 0 Å². The van der Waals surface area contributed by atoms with E-state index < -0.39 is 0 Å². The molecule has 1 atom stereocenters. The van der Waals surface area contributed by atoms with E-state index in [2.05, 4.69) is 35.5 Å². The van der Waals surface area contributed by atoms with Crippen LogP contribution < -0.4 is 15.8 Å². The first-order valence-electron chi connectivity index (χ1n) is 3.29. The lowest BCUT2D eigenvalue weighted by molar-refractivity contribution is 0.538. The lowest BCUT2D eigenvalue weighted by Crippen LogP contribution is -2.40. The van der Waals surface area contributed by atoms with Crippen LogP contribution in [0.4, 0.5) is 0 Å². The van der Waals surface area contributed by atoms with Crippen molar-refractivity contribution in [3.8, 4) is 0 Å². The normalized spacial score (nSPS) is 13.5. The van der Waals surface area contributed by atoms with Gasteiger partial charge in [-0.15, -0.1) is 0 Å². The van der Waals surface area contributed by atoms with Gasteiger partial charge in [0.1, 0.15) is 0 Å². The van der Waals surface area contributed by atoms with Crippen molar-refractivity contribution in [3.05, 3.63) is 0 Å². The maximum atomic E-state index is 5.30. The predicted molar refractivity (Wildman–Crippen MR) is 51.4 cm³/mol. The molecule has 62 valence electrons. The van der Waals surface area contributed by atoms with E-state index >= 15 is 0 Å². The molecule has 1 unspecified atom stereocenters. The number of nitrogens with one attached hydrogen (secondary N) is 2. The Morgan fingerprint density at radius 2 is 2.20 bits per heavy atom. The van der Waals surface area contributed by atoms with Gasteiger partial charge >= 0.3 is 0 Å². The molecular weight excluding hydrogens is 166 g/mol. The molecule has 0 spiro atoms. The minimum absolute atomic E-state index is 0.179. The summed E-state index contributed by atoms with van der Waals surface area (Å²) in [6.45, 7) is 1.63. The van der Waals surface area contributed by atoms with Gasteiger partial charge in [0.2, 0.25) is 0 Å². The molecule has 10 heavy (non-hydrogen) atoms. The molecule has 0 fully saturated rings. The lowest BCUT2D eigenvalue weighted by Gasteiger charge is -2.13. The first kappa shape index (κ1) is 10.6. The Balaban J connectivity index is 3.09. The fraction of sp³-hybridized carbons (Fsp3) is 1.00. The molecule has 0 radical (unpaired) electrons. The van der Waals surface area contributed by atoms with E-state index in [0.29, 0.717) is 0 Å². The quantitative estimate of drug-likeness (QED) is 0.220. The van der Waals surface area contributed by atoms with Crippen LogP contribution in [0.2, 0.25) is 0 Å². The van der Waals surface area contributed by atoms with Crippen molar-refractivity contribution in [1.29, 1.82) is 0 Å². The molecule has 0 aromatic heterocycles. The molecule has 0 aliphatic carbocycles. The molecule has 0 aromatic rings. The molecule has 0 amide bonds. The van der Waals surface area contributed by atoms with Crippen molar-refractivity contribution in [3.63, 3.8) is 0 Å². The van der Waals surface area contributed by atoms with Gasteiger partial charge in [0.15, 0.2) is 0 Å². The summed E-state index contributed by atoms with van der Waals surface area (Å²) in [7, 11) is 0. The molecule has 0 heterocycles. The summed E-state index contributed by atoms with van der Waals surface area (Å²) < 4.78 is 2.78. The summed E-state index contributed by atoms with van der Waals surface area (Å²) in [6.07, 6.45) is 1.16. The van der Waals surface area contributed by atoms with Crippen molar-refractivity contribution < 1.29 is 0 Å². The molecule has 0 aromatic carbocycles. The SMILES string of the molecule is NCCCNC(CS)NS. The molecule has 0 rings (SSSR count). The van der Waals surface area contributed by atoms with Gasteiger partial charge in [-0.05, 0) is 19.5 Å². The molecule has 0 saturated heterocycles. The zero-order chi connectivity index (χ0) is 7.82. The highest BCUT2D eigenvalue weighted by atomic mass is 32.1. The van der Waals surface area contributed by atoms with Gasteiger partial charge in [-0.2, -0.15) is 12.6 Å². The van der Waals surface area contributed by atoms with Gasteiger partial charge < -0.3 is 11.1 Å². The van der Waals surface area contributed by atoms with Crippen LogP contribution in [0.15, 0.2) is 0 Å². The van der Waals surface area contributed by atoms with Gasteiger partial charge in [-0.25, -0.2) is 4.72 Å². The third-order valence-corrected chi connectivity index (χ3v) is 1.79. The van der Waals surface area contributed by atoms with Crippen molar-refractivity contribution in [1.82, 2.24) is 10.0 Å². The first-order chi connectivity index (χ1) is 4.85. The Labute approximate surface area is 73.1 Å². The molecule has 5 heteroatoms. The number of rotatable bonds is 6. The second-order valence-electron chi connectivity index (χ2n) is 1.96. The van der Waals surface area contributed by atoms with Crippen molar-refractivity contribution >= 4 is 25.4 Å². The average Bonchev–Trinajstić information content (AvgIpc) is 1.99. The Morgan fingerprint density at radius 3 is 2.60 bits per heavy atom. The molecule has 4 N–H and O–H groups in total. The summed E-state index contributed by atoms with van der Waals surface area (Å²) in [5.41, 5.74) is 5.30. The van der Waals surface area contributed by atoms with Gasteiger partial charge in [-0.3, -0.25) is 0 Å². The second-order valence-corrected chi connectivity index (χ2v) is 2.58. The summed E-state index contributed by atoms with van der Waals surface area (Å²) >= 11 is 8.00. The highest BCUT2D eigenvalue weighted by Gasteiger charge is 1.99. The highest BCUT2D eigenvalue weighted by molar-refractivity contribution is 7.80. The molecule has 3 nitrogen and oxygen atoms in total. The van der Waals surface area contributed by atoms with Gasteiger partial charge in [0.25, 0.3) is 0 Å². The standard InChI is InChI=1S/C5H15N3S2/c6-2-1-3-7-5(4-9)8-10/h5,7-10H,1-4,6H2. The van der Waals surface area contributed by atoms with Crippen LogP contribution in [0.1, 0.15) is 6.42 Å². The highest BCUT2D eigenvalue weighted by Crippen LogP contribution is 1.84. The Kier molecular flexibility index (Phi) is 8.13. The molecular formula is C5H15N3S2. The van der Waals surface area contributed by atoms with Crippen LogP contribution in [0.5, 0.6) is 0 Å². The fourth-order valence-corrected chi connectivity index (χ4v) is 1.08. The summed E-state index contributed by atoms with van der Waals surface area (Å²) in [5.74, 6) is 0.730. The van der Waals surface area contributed by atoms with E-state index in [9.17, 15) is 0 Å². The summed E-state index contributed by atoms with van der Waals surface area (Å²) in [6, 6.07) is 0. The van der Waals surface area contributed by atoms with E-state index in [1.807, 2.05) is 0 Å². The maximum Gasteiger partial charge on any atom is 0.0753 e. The van der Waals surface area contributed by atoms with E-state index in [0.717, 1.165) is 25.3 Å². The smallest absolute Gasteiger partial charge is 0.0753 e. The van der Waals surface area contributed by atoms with E-state index in [1.54, 1.807) is 0 Å². The summed E-state index contributed by atoms with van der Waals surface area (Å²) in [4.78, 5) is 0. The summed E-state index contributed by atoms with van der Waals surface area (Å²) in [5, 5.41) is 3.18. The second kappa shape index (κ2) is 7.68. The monoisotopic (exact) mass is 181 g/mol. The minimum atomic E-state index is 0.179. The third-order valence-electron chi connectivity index (χ3n) is 1.11. The number of hydrogen-bond donors (Lipinski definition) is 5. The van der Waals surface area contributed by atoms with Gasteiger partial charge in [0.05, 0.1) is 6.17 Å². The van der Waals surface area contributed by atoms with Crippen LogP contribution in [-0.2, 0) is 0 Å². The van der Waals surface area contributed by atoms with E-state index in [-0.39, 0.29) is 6.17 Å². The third kappa shape index (κ3) is 5.37. The Morgan fingerprint density at radius 1 is 1.50 bits per heavy atom. The first-order valence-corrected chi connectivity index (χ1v) is 4.37. The van der Waals surface area contributed by atoms with Crippen molar-refractivity contribution in [2.75, 3.05) is 18.8 Å². The Hall–Kier alpha value is 0.580. The number of hydrogen-bond acceptors (Lipinski definition) is 5. The number of thiol groups is 2. The van der Waals surface area contributed by atoms with Crippen LogP contribution in [0.3, 0.4) is 0 Å². The molecule has 0 bridgehead atoms. The van der Waals surface area contributed by atoms with Gasteiger partial charge in [0, 0.05) is 5.75 Å². The molecule has 0 aliphatic rings. The minimum Gasteiger partial charge on any atom is -0.330 e. The number of nitrogens with two attached hydrogens (primary N) is 1. The van der Waals surface area contributed by atoms with Crippen LogP contribution in [-0.4, -0.2) is 25.0 Å². The van der Waals surface area contributed by atoms with Crippen LogP contribution >= 0.6 is 25.4 Å². The van der Waals surface area contributed by atoms with E-state index in [1.165, 1.54) is 0 Å². The van der Waals surface area contributed by atoms with Crippen molar-refractivity contribution in [2.45, 2.75) is 12.6 Å². The predicted octanol–water partition coefficient (Wildman–Crippen LogP) is -0.385. The van der Waals surface area contributed by atoms with Gasteiger partial charge in [-0.1, -0.05) is 12.8 Å². The average molecular weight is 181 g/mol. The van der Waals surface area contributed by atoms with Crippen molar-refractivity contribution in [2.24, 2.45) is 5.73 Å². The lowest BCUT2D eigenvalue weighted by atomic mass is 10.4. The van der Waals surface area contributed by atoms with Crippen LogP contribution in [0.25, 0.3) is 0 Å². The Bertz CT molecular complexity index is 67.9. The largest absolute Gasteiger partial charge is 0.330 e. The zero-order valence-electron chi connectivity index (χ0n) is 5.88.